The largest absolute Gasteiger partial charge is 0.206 e. The highest BCUT2D eigenvalue weighted by Crippen LogP contribution is 2.25. The Morgan fingerprint density at radius 3 is 2.15 bits per heavy atom. The molecule has 0 amide bonds. The lowest BCUT2D eigenvalue weighted by Crippen LogP contribution is -1.87. The lowest BCUT2D eigenvalue weighted by molar-refractivity contribution is 0.631. The van der Waals surface area contributed by atoms with Crippen LogP contribution in [0.3, 0.4) is 0 Å². The molecule has 0 saturated heterocycles. The third-order valence-electron chi connectivity index (χ3n) is 4.50. The molecular weight excluding hydrogens is 355 g/mol. The minimum atomic E-state index is -0.282. The molecule has 0 aliphatic carbocycles. The highest BCUT2D eigenvalue weighted by atomic mass is 35.5. The van der Waals surface area contributed by atoms with E-state index >= 15 is 0 Å². The first kappa shape index (κ1) is 19.2. The predicted molar refractivity (Wildman–Crippen MR) is 112 cm³/mol. The zero-order chi connectivity index (χ0) is 19.1. The molecule has 0 spiro atoms. The Kier molecular flexibility index (Phi) is 6.69. The molecule has 0 N–H and O–H groups in total. The van der Waals surface area contributed by atoms with Crippen LogP contribution in [0.15, 0.2) is 66.7 Å². The summed E-state index contributed by atoms with van der Waals surface area (Å²) in [5.41, 5.74) is 4.30. The SMILES string of the molecule is CCCCCc1ccc(C#Cc2ccc(-c3ccc(Cl)cc3)c(F)c2)cc1. The molecule has 3 aromatic rings. The maximum atomic E-state index is 14.5. The van der Waals surface area contributed by atoms with Crippen molar-refractivity contribution in [3.05, 3.63) is 94.3 Å². The fraction of sp³-hybridized carbons (Fsp3) is 0.200. The van der Waals surface area contributed by atoms with Crippen molar-refractivity contribution in [2.24, 2.45) is 0 Å². The number of unbranched alkanes of at least 4 members (excludes halogenated alkanes) is 2. The molecule has 0 aliphatic heterocycles. The van der Waals surface area contributed by atoms with E-state index in [1.807, 2.05) is 30.3 Å². The maximum Gasteiger partial charge on any atom is 0.132 e. The molecule has 0 bridgehead atoms. The van der Waals surface area contributed by atoms with Crippen molar-refractivity contribution in [1.29, 1.82) is 0 Å². The average molecular weight is 377 g/mol. The summed E-state index contributed by atoms with van der Waals surface area (Å²) in [6.45, 7) is 2.21. The second-order valence-electron chi connectivity index (χ2n) is 6.61. The van der Waals surface area contributed by atoms with Crippen molar-refractivity contribution >= 4 is 11.6 Å². The number of aryl methyl sites for hydroxylation is 1. The summed E-state index contributed by atoms with van der Waals surface area (Å²) >= 11 is 5.89. The third kappa shape index (κ3) is 5.46. The Morgan fingerprint density at radius 2 is 1.48 bits per heavy atom. The van der Waals surface area contributed by atoms with Gasteiger partial charge in [-0.2, -0.15) is 0 Å². The smallest absolute Gasteiger partial charge is 0.132 e. The standard InChI is InChI=1S/C25H22ClF/c1-2-3-4-5-19-6-8-20(9-7-19)10-11-21-12-17-24(25(27)18-21)22-13-15-23(26)16-14-22/h6-9,12-18H,2-5H2,1H3. The van der Waals surface area contributed by atoms with Gasteiger partial charge in [-0.3, -0.25) is 0 Å². The maximum absolute atomic E-state index is 14.5. The second kappa shape index (κ2) is 9.40. The zero-order valence-electron chi connectivity index (χ0n) is 15.4. The molecule has 3 aromatic carbocycles. The van der Waals surface area contributed by atoms with Crippen LogP contribution in [0.5, 0.6) is 0 Å². The fourth-order valence-corrected chi connectivity index (χ4v) is 3.06. The van der Waals surface area contributed by atoms with E-state index in [2.05, 4.69) is 30.9 Å². The van der Waals surface area contributed by atoms with E-state index in [9.17, 15) is 4.39 Å². The van der Waals surface area contributed by atoms with Gasteiger partial charge in [0, 0.05) is 21.7 Å². The normalized spacial score (nSPS) is 10.3. The molecule has 0 radical (unpaired) electrons. The van der Waals surface area contributed by atoms with Crippen molar-refractivity contribution < 1.29 is 4.39 Å². The van der Waals surface area contributed by atoms with Gasteiger partial charge in [0.15, 0.2) is 0 Å². The molecule has 3 rings (SSSR count). The van der Waals surface area contributed by atoms with E-state index in [0.717, 1.165) is 17.5 Å². The summed E-state index contributed by atoms with van der Waals surface area (Å²) in [5.74, 6) is 5.88. The predicted octanol–water partition coefficient (Wildman–Crippen LogP) is 7.28. The van der Waals surface area contributed by atoms with Gasteiger partial charge in [-0.15, -0.1) is 0 Å². The van der Waals surface area contributed by atoms with Gasteiger partial charge in [-0.1, -0.05) is 73.5 Å². The first-order valence-electron chi connectivity index (χ1n) is 9.32. The molecule has 136 valence electrons. The minimum absolute atomic E-state index is 0.282. The highest BCUT2D eigenvalue weighted by Gasteiger charge is 2.05. The fourth-order valence-electron chi connectivity index (χ4n) is 2.93. The molecule has 2 heteroatoms. The molecule has 0 fully saturated rings. The Bertz CT molecular complexity index is 944. The van der Waals surface area contributed by atoms with Crippen LogP contribution >= 0.6 is 11.6 Å². The summed E-state index contributed by atoms with van der Waals surface area (Å²) < 4.78 is 14.5. The van der Waals surface area contributed by atoms with E-state index in [-0.39, 0.29) is 5.82 Å². The average Bonchev–Trinajstić information content (AvgIpc) is 2.68. The van der Waals surface area contributed by atoms with E-state index in [0.29, 0.717) is 16.1 Å². The number of halogens is 2. The lowest BCUT2D eigenvalue weighted by atomic mass is 10.0. The van der Waals surface area contributed by atoms with Crippen LogP contribution in [0.4, 0.5) is 4.39 Å². The van der Waals surface area contributed by atoms with Gasteiger partial charge in [-0.25, -0.2) is 4.39 Å². The van der Waals surface area contributed by atoms with E-state index in [4.69, 9.17) is 11.6 Å². The second-order valence-corrected chi connectivity index (χ2v) is 7.04. The quantitative estimate of drug-likeness (QED) is 0.324. The van der Waals surface area contributed by atoms with E-state index in [1.54, 1.807) is 18.2 Å². The monoisotopic (exact) mass is 376 g/mol. The Morgan fingerprint density at radius 1 is 0.815 bits per heavy atom. The summed E-state index contributed by atoms with van der Waals surface area (Å²) in [4.78, 5) is 0. The van der Waals surface area contributed by atoms with Gasteiger partial charge in [-0.05, 0) is 60.4 Å². The van der Waals surface area contributed by atoms with E-state index < -0.39 is 0 Å². The number of benzene rings is 3. The molecule has 0 atom stereocenters. The van der Waals surface area contributed by atoms with Crippen LogP contribution in [-0.2, 0) is 6.42 Å². The number of hydrogen-bond donors (Lipinski definition) is 0. The molecule has 0 heterocycles. The summed E-state index contributed by atoms with van der Waals surface area (Å²) in [6, 6.07) is 20.6. The van der Waals surface area contributed by atoms with Crippen LogP contribution < -0.4 is 0 Å². The van der Waals surface area contributed by atoms with Crippen LogP contribution in [0.1, 0.15) is 42.9 Å². The van der Waals surface area contributed by atoms with Crippen molar-refractivity contribution in [1.82, 2.24) is 0 Å². The van der Waals surface area contributed by atoms with Gasteiger partial charge < -0.3 is 0 Å². The number of hydrogen-bond acceptors (Lipinski definition) is 0. The van der Waals surface area contributed by atoms with E-state index in [1.165, 1.54) is 30.9 Å². The van der Waals surface area contributed by atoms with Gasteiger partial charge >= 0.3 is 0 Å². The van der Waals surface area contributed by atoms with Gasteiger partial charge in [0.05, 0.1) is 0 Å². The highest BCUT2D eigenvalue weighted by molar-refractivity contribution is 6.30. The molecule has 27 heavy (non-hydrogen) atoms. The summed E-state index contributed by atoms with van der Waals surface area (Å²) in [7, 11) is 0. The molecule has 0 aromatic heterocycles. The summed E-state index contributed by atoms with van der Waals surface area (Å²) in [6.07, 6.45) is 4.83. The Balaban J connectivity index is 1.71. The lowest BCUT2D eigenvalue weighted by Gasteiger charge is -2.04. The zero-order valence-corrected chi connectivity index (χ0v) is 16.2. The molecular formula is C25H22ClF. The molecule has 0 nitrogen and oxygen atoms in total. The minimum Gasteiger partial charge on any atom is -0.206 e. The third-order valence-corrected chi connectivity index (χ3v) is 4.75. The molecule has 0 aliphatic rings. The van der Waals surface area contributed by atoms with Gasteiger partial charge in [0.2, 0.25) is 0 Å². The van der Waals surface area contributed by atoms with Crippen molar-refractivity contribution in [3.8, 4) is 23.0 Å². The Labute approximate surface area is 166 Å². The number of rotatable bonds is 5. The molecule has 0 saturated carbocycles. The van der Waals surface area contributed by atoms with Crippen molar-refractivity contribution in [3.63, 3.8) is 0 Å². The topological polar surface area (TPSA) is 0 Å². The van der Waals surface area contributed by atoms with Crippen LogP contribution in [-0.4, -0.2) is 0 Å². The summed E-state index contributed by atoms with van der Waals surface area (Å²) in [5, 5.41) is 0.637. The van der Waals surface area contributed by atoms with Crippen LogP contribution in [0.25, 0.3) is 11.1 Å². The van der Waals surface area contributed by atoms with Crippen molar-refractivity contribution in [2.75, 3.05) is 0 Å². The molecule has 0 unspecified atom stereocenters. The van der Waals surface area contributed by atoms with Crippen LogP contribution in [0, 0.1) is 17.7 Å². The first-order chi connectivity index (χ1) is 13.2. The van der Waals surface area contributed by atoms with Crippen LogP contribution in [0.2, 0.25) is 5.02 Å². The Hall–Kier alpha value is -2.56. The van der Waals surface area contributed by atoms with Gasteiger partial charge in [0.25, 0.3) is 0 Å². The first-order valence-corrected chi connectivity index (χ1v) is 9.70. The van der Waals surface area contributed by atoms with Crippen molar-refractivity contribution in [2.45, 2.75) is 32.6 Å². The van der Waals surface area contributed by atoms with Gasteiger partial charge in [0.1, 0.15) is 5.82 Å².